The number of alkyl halides is 2. The number of hydrogen-bond donors (Lipinski definition) is 2. The summed E-state index contributed by atoms with van der Waals surface area (Å²) in [6, 6.07) is 9.46. The van der Waals surface area contributed by atoms with Gasteiger partial charge in [0.25, 0.3) is 12.3 Å². The average Bonchev–Trinajstić information content (AvgIpc) is 2.72. The lowest BCUT2D eigenvalue weighted by Gasteiger charge is -2.17. The SMILES string of the molecule is COc1ccc(NC(=O)c2cc(Cl)c(C(F)F)cc2Nc2ccc(F)cc2C)c(C)n1. The van der Waals surface area contributed by atoms with E-state index in [-0.39, 0.29) is 16.3 Å². The van der Waals surface area contributed by atoms with Crippen molar-refractivity contribution in [1.29, 1.82) is 0 Å². The highest BCUT2D eigenvalue weighted by Crippen LogP contribution is 2.35. The number of rotatable bonds is 6. The van der Waals surface area contributed by atoms with Gasteiger partial charge in [0.2, 0.25) is 5.88 Å². The molecule has 0 radical (unpaired) electrons. The highest BCUT2D eigenvalue weighted by atomic mass is 35.5. The van der Waals surface area contributed by atoms with Crippen molar-refractivity contribution in [3.05, 3.63) is 75.7 Å². The number of hydrogen-bond acceptors (Lipinski definition) is 4. The van der Waals surface area contributed by atoms with Crippen molar-refractivity contribution in [2.75, 3.05) is 17.7 Å². The van der Waals surface area contributed by atoms with Crippen molar-refractivity contribution >= 4 is 34.6 Å². The first-order valence-electron chi connectivity index (χ1n) is 9.17. The molecule has 5 nitrogen and oxygen atoms in total. The zero-order valence-electron chi connectivity index (χ0n) is 16.9. The number of methoxy groups -OCH3 is 1. The van der Waals surface area contributed by atoms with E-state index >= 15 is 0 Å². The molecule has 0 saturated heterocycles. The quantitative estimate of drug-likeness (QED) is 0.455. The van der Waals surface area contributed by atoms with E-state index in [1.807, 2.05) is 0 Å². The van der Waals surface area contributed by atoms with Crippen LogP contribution in [-0.4, -0.2) is 18.0 Å². The maximum atomic E-state index is 13.4. The minimum absolute atomic E-state index is 0.0355. The van der Waals surface area contributed by atoms with Crippen molar-refractivity contribution in [3.8, 4) is 5.88 Å². The highest BCUT2D eigenvalue weighted by molar-refractivity contribution is 6.32. The van der Waals surface area contributed by atoms with E-state index < -0.39 is 23.7 Å². The van der Waals surface area contributed by atoms with Gasteiger partial charge in [-0.15, -0.1) is 0 Å². The zero-order chi connectivity index (χ0) is 22.7. The van der Waals surface area contributed by atoms with Crippen molar-refractivity contribution in [2.24, 2.45) is 0 Å². The molecule has 1 heterocycles. The maximum Gasteiger partial charge on any atom is 0.265 e. The van der Waals surface area contributed by atoms with E-state index in [0.29, 0.717) is 28.5 Å². The third kappa shape index (κ3) is 5.08. The number of amides is 1. The van der Waals surface area contributed by atoms with E-state index in [0.717, 1.165) is 6.07 Å². The first-order valence-corrected chi connectivity index (χ1v) is 9.55. The van der Waals surface area contributed by atoms with E-state index in [1.165, 1.54) is 31.4 Å². The van der Waals surface area contributed by atoms with Gasteiger partial charge < -0.3 is 15.4 Å². The molecule has 31 heavy (non-hydrogen) atoms. The summed E-state index contributed by atoms with van der Waals surface area (Å²) in [4.78, 5) is 17.2. The van der Waals surface area contributed by atoms with Crippen LogP contribution in [0, 0.1) is 19.7 Å². The molecule has 2 N–H and O–H groups in total. The Balaban J connectivity index is 2.01. The number of carbonyl (C=O) groups excluding carboxylic acids is 1. The standard InChI is InChI=1S/C22H19ClF3N3O2/c1-11-8-13(24)4-5-17(11)28-19-10-14(21(25)26)16(23)9-15(19)22(30)29-18-6-7-20(31-3)27-12(18)2/h4-10,21,28H,1-3H3,(H,29,30). The molecule has 0 saturated carbocycles. The van der Waals surface area contributed by atoms with Gasteiger partial charge in [0.1, 0.15) is 5.82 Å². The van der Waals surface area contributed by atoms with Gasteiger partial charge in [-0.05, 0) is 55.8 Å². The Labute approximate surface area is 182 Å². The van der Waals surface area contributed by atoms with E-state index in [1.54, 1.807) is 26.0 Å². The van der Waals surface area contributed by atoms with E-state index in [9.17, 15) is 18.0 Å². The van der Waals surface area contributed by atoms with Gasteiger partial charge in [0, 0.05) is 17.3 Å². The lowest BCUT2D eigenvalue weighted by Crippen LogP contribution is -2.16. The minimum atomic E-state index is -2.84. The second kappa shape index (κ2) is 9.26. The second-order valence-corrected chi connectivity index (χ2v) is 7.15. The number of aromatic nitrogens is 1. The van der Waals surface area contributed by atoms with Gasteiger partial charge >= 0.3 is 0 Å². The second-order valence-electron chi connectivity index (χ2n) is 6.74. The predicted molar refractivity (Wildman–Crippen MR) is 114 cm³/mol. The van der Waals surface area contributed by atoms with Crippen LogP contribution in [0.4, 0.5) is 30.2 Å². The maximum absolute atomic E-state index is 13.4. The predicted octanol–water partition coefficient (Wildman–Crippen LogP) is 6.43. The molecular weight excluding hydrogens is 431 g/mol. The van der Waals surface area contributed by atoms with Crippen LogP contribution in [-0.2, 0) is 0 Å². The third-order valence-corrected chi connectivity index (χ3v) is 4.92. The zero-order valence-corrected chi connectivity index (χ0v) is 17.7. The molecule has 162 valence electrons. The summed E-state index contributed by atoms with van der Waals surface area (Å²) in [7, 11) is 1.47. The molecule has 0 fully saturated rings. The monoisotopic (exact) mass is 449 g/mol. The first-order chi connectivity index (χ1) is 14.7. The Morgan fingerprint density at radius 1 is 1.06 bits per heavy atom. The van der Waals surface area contributed by atoms with Crippen LogP contribution in [0.2, 0.25) is 5.02 Å². The first kappa shape index (κ1) is 22.4. The Hall–Kier alpha value is -3.26. The number of pyridine rings is 1. The van der Waals surface area contributed by atoms with E-state index in [2.05, 4.69) is 15.6 Å². The van der Waals surface area contributed by atoms with Gasteiger partial charge in [0.05, 0.1) is 34.8 Å². The topological polar surface area (TPSA) is 63.2 Å². The molecule has 0 aliphatic heterocycles. The average molecular weight is 450 g/mol. The molecule has 3 aromatic rings. The smallest absolute Gasteiger partial charge is 0.265 e. The molecule has 0 unspecified atom stereocenters. The summed E-state index contributed by atoms with van der Waals surface area (Å²) in [6.45, 7) is 3.34. The molecule has 0 aliphatic carbocycles. The molecule has 3 rings (SSSR count). The van der Waals surface area contributed by atoms with Crippen LogP contribution in [0.15, 0.2) is 42.5 Å². The fourth-order valence-electron chi connectivity index (χ4n) is 2.93. The molecule has 0 bridgehead atoms. The van der Waals surface area contributed by atoms with Gasteiger partial charge in [0.15, 0.2) is 0 Å². The number of ether oxygens (including phenoxy) is 1. The molecular formula is C22H19ClF3N3O2. The van der Waals surface area contributed by atoms with Crippen molar-refractivity contribution in [2.45, 2.75) is 20.3 Å². The summed E-state index contributed by atoms with van der Waals surface area (Å²) in [5.41, 5.74) is 1.63. The molecule has 0 atom stereocenters. The molecule has 0 spiro atoms. The fraction of sp³-hybridized carbons (Fsp3) is 0.182. The molecule has 1 amide bonds. The van der Waals surface area contributed by atoms with Crippen LogP contribution >= 0.6 is 11.6 Å². The van der Waals surface area contributed by atoms with Crippen molar-refractivity contribution in [3.63, 3.8) is 0 Å². The van der Waals surface area contributed by atoms with Crippen molar-refractivity contribution < 1.29 is 22.7 Å². The number of halogens is 4. The number of carbonyl (C=O) groups is 1. The molecule has 1 aromatic heterocycles. The largest absolute Gasteiger partial charge is 0.481 e. The summed E-state index contributed by atoms with van der Waals surface area (Å²) in [5, 5.41) is 5.39. The Bertz CT molecular complexity index is 1140. The normalized spacial score (nSPS) is 10.8. The van der Waals surface area contributed by atoms with Gasteiger partial charge in [-0.1, -0.05) is 11.6 Å². The van der Waals surface area contributed by atoms with Gasteiger partial charge in [-0.3, -0.25) is 4.79 Å². The number of anilines is 3. The number of nitrogens with zero attached hydrogens (tertiary/aromatic N) is 1. The summed E-state index contributed by atoms with van der Waals surface area (Å²) in [6.07, 6.45) is -2.84. The minimum Gasteiger partial charge on any atom is -0.481 e. The van der Waals surface area contributed by atoms with E-state index in [4.69, 9.17) is 16.3 Å². The van der Waals surface area contributed by atoms with Crippen LogP contribution in [0.3, 0.4) is 0 Å². The fourth-order valence-corrected chi connectivity index (χ4v) is 3.18. The highest BCUT2D eigenvalue weighted by Gasteiger charge is 2.21. The number of aryl methyl sites for hydroxylation is 2. The summed E-state index contributed by atoms with van der Waals surface area (Å²) in [5.74, 6) is -0.637. The summed E-state index contributed by atoms with van der Waals surface area (Å²) >= 11 is 6.00. The van der Waals surface area contributed by atoms with Crippen LogP contribution in [0.25, 0.3) is 0 Å². The molecule has 0 aliphatic rings. The molecule has 2 aromatic carbocycles. The van der Waals surface area contributed by atoms with Crippen LogP contribution in [0.1, 0.15) is 33.6 Å². The lowest BCUT2D eigenvalue weighted by atomic mass is 10.1. The Kier molecular flexibility index (Phi) is 6.70. The number of benzene rings is 2. The third-order valence-electron chi connectivity index (χ3n) is 4.59. The van der Waals surface area contributed by atoms with Gasteiger partial charge in [-0.25, -0.2) is 18.2 Å². The Morgan fingerprint density at radius 2 is 1.77 bits per heavy atom. The Morgan fingerprint density at radius 3 is 2.39 bits per heavy atom. The van der Waals surface area contributed by atoms with Crippen molar-refractivity contribution in [1.82, 2.24) is 4.98 Å². The van der Waals surface area contributed by atoms with Crippen LogP contribution in [0.5, 0.6) is 5.88 Å². The number of nitrogens with one attached hydrogen (secondary N) is 2. The summed E-state index contributed by atoms with van der Waals surface area (Å²) < 4.78 is 45.3. The van der Waals surface area contributed by atoms with Crippen LogP contribution < -0.4 is 15.4 Å². The van der Waals surface area contributed by atoms with Gasteiger partial charge in [-0.2, -0.15) is 0 Å². The molecule has 9 heteroatoms. The lowest BCUT2D eigenvalue weighted by molar-refractivity contribution is 0.102.